The van der Waals surface area contributed by atoms with Gasteiger partial charge in [-0.25, -0.2) is 0 Å². The molecule has 0 atom stereocenters. The molecule has 2 aliphatic rings. The van der Waals surface area contributed by atoms with Crippen molar-refractivity contribution in [2.24, 2.45) is 5.92 Å². The fourth-order valence-electron chi connectivity index (χ4n) is 2.96. The van der Waals surface area contributed by atoms with E-state index >= 15 is 0 Å². The number of esters is 1. The Balaban J connectivity index is 1.49. The van der Waals surface area contributed by atoms with E-state index in [-0.39, 0.29) is 18.4 Å². The minimum atomic E-state index is -0.656. The first-order valence-electron chi connectivity index (χ1n) is 8.86. The van der Waals surface area contributed by atoms with Gasteiger partial charge in [-0.1, -0.05) is 6.42 Å². The number of hydrogen-bond donors (Lipinski definition) is 2. The molecule has 1 heterocycles. The van der Waals surface area contributed by atoms with Gasteiger partial charge in [-0.05, 0) is 44.1 Å². The number of carbonyl (C=O) groups is 3. The SMILES string of the molecule is N#Cc1c(NC(=O)COC(=O)CNC(=O)C2CC2)sc2c1CCCCC2. The zero-order valence-corrected chi connectivity index (χ0v) is 15.2. The van der Waals surface area contributed by atoms with E-state index in [1.165, 1.54) is 11.3 Å². The molecule has 0 aromatic carbocycles. The van der Waals surface area contributed by atoms with E-state index in [1.807, 2.05) is 0 Å². The molecule has 0 radical (unpaired) electrons. The summed E-state index contributed by atoms with van der Waals surface area (Å²) in [5.74, 6) is -1.27. The molecule has 2 amide bonds. The quantitative estimate of drug-likeness (QED) is 0.583. The van der Waals surface area contributed by atoms with E-state index in [9.17, 15) is 19.6 Å². The first kappa shape index (κ1) is 18.4. The highest BCUT2D eigenvalue weighted by Gasteiger charge is 2.29. The van der Waals surface area contributed by atoms with Gasteiger partial charge < -0.3 is 15.4 Å². The summed E-state index contributed by atoms with van der Waals surface area (Å²) in [7, 11) is 0. The number of nitriles is 1. The molecule has 0 saturated heterocycles. The Labute approximate surface area is 155 Å². The topological polar surface area (TPSA) is 108 Å². The van der Waals surface area contributed by atoms with Crippen LogP contribution in [0.5, 0.6) is 0 Å². The maximum Gasteiger partial charge on any atom is 0.325 e. The maximum absolute atomic E-state index is 12.0. The van der Waals surface area contributed by atoms with Gasteiger partial charge in [-0.2, -0.15) is 5.26 Å². The average Bonchev–Trinajstić information content (AvgIpc) is 3.44. The number of fused-ring (bicyclic) bond motifs is 1. The van der Waals surface area contributed by atoms with Crippen LogP contribution in [-0.4, -0.2) is 30.9 Å². The summed E-state index contributed by atoms with van der Waals surface area (Å²) in [6.45, 7) is -0.676. The lowest BCUT2D eigenvalue weighted by Gasteiger charge is -2.07. The van der Waals surface area contributed by atoms with E-state index in [2.05, 4.69) is 16.7 Å². The predicted molar refractivity (Wildman–Crippen MR) is 95.6 cm³/mol. The summed E-state index contributed by atoms with van der Waals surface area (Å²) in [5, 5.41) is 15.1. The van der Waals surface area contributed by atoms with Crippen LogP contribution in [0.15, 0.2) is 0 Å². The zero-order chi connectivity index (χ0) is 18.5. The van der Waals surface area contributed by atoms with Gasteiger partial charge in [0.2, 0.25) is 5.91 Å². The van der Waals surface area contributed by atoms with Crippen molar-refractivity contribution in [2.45, 2.75) is 44.9 Å². The van der Waals surface area contributed by atoms with Crippen LogP contribution in [-0.2, 0) is 32.0 Å². The molecule has 1 aromatic heterocycles. The number of nitrogens with zero attached hydrogens (tertiary/aromatic N) is 1. The largest absolute Gasteiger partial charge is 0.454 e. The molecule has 2 N–H and O–H groups in total. The van der Waals surface area contributed by atoms with Crippen LogP contribution in [0, 0.1) is 17.2 Å². The number of carbonyl (C=O) groups excluding carboxylic acids is 3. The molecule has 2 aliphatic carbocycles. The van der Waals surface area contributed by atoms with Gasteiger partial charge in [0.25, 0.3) is 5.91 Å². The predicted octanol–water partition coefficient (Wildman–Crippen LogP) is 1.90. The summed E-state index contributed by atoms with van der Waals surface area (Å²) in [5.41, 5.74) is 1.58. The summed E-state index contributed by atoms with van der Waals surface area (Å²) in [4.78, 5) is 36.3. The van der Waals surface area contributed by atoms with Crippen molar-refractivity contribution in [3.8, 4) is 6.07 Å². The van der Waals surface area contributed by atoms with Crippen LogP contribution in [0.4, 0.5) is 5.00 Å². The van der Waals surface area contributed by atoms with Gasteiger partial charge in [0.05, 0.1) is 5.56 Å². The Morgan fingerprint density at radius 3 is 2.69 bits per heavy atom. The van der Waals surface area contributed by atoms with E-state index in [0.29, 0.717) is 10.6 Å². The number of aryl methyl sites for hydroxylation is 1. The number of nitrogens with one attached hydrogen (secondary N) is 2. The Morgan fingerprint density at radius 2 is 1.96 bits per heavy atom. The number of rotatable bonds is 6. The van der Waals surface area contributed by atoms with Crippen molar-refractivity contribution in [2.75, 3.05) is 18.5 Å². The van der Waals surface area contributed by atoms with Crippen molar-refractivity contribution in [3.05, 3.63) is 16.0 Å². The maximum atomic E-state index is 12.0. The van der Waals surface area contributed by atoms with Gasteiger partial charge in [-0.3, -0.25) is 14.4 Å². The summed E-state index contributed by atoms with van der Waals surface area (Å²) in [6, 6.07) is 2.19. The normalized spacial score (nSPS) is 16.0. The number of ether oxygens (including phenoxy) is 1. The molecule has 8 heteroatoms. The van der Waals surface area contributed by atoms with Crippen LogP contribution < -0.4 is 10.6 Å². The van der Waals surface area contributed by atoms with Crippen LogP contribution in [0.3, 0.4) is 0 Å². The highest BCUT2D eigenvalue weighted by Crippen LogP contribution is 2.36. The molecule has 0 spiro atoms. The molecule has 0 aliphatic heterocycles. The van der Waals surface area contributed by atoms with Crippen LogP contribution in [0.2, 0.25) is 0 Å². The second kappa shape index (κ2) is 8.32. The van der Waals surface area contributed by atoms with E-state index in [0.717, 1.165) is 55.4 Å². The lowest BCUT2D eigenvalue weighted by Crippen LogP contribution is -2.33. The molecule has 1 saturated carbocycles. The fourth-order valence-corrected chi connectivity index (χ4v) is 4.21. The van der Waals surface area contributed by atoms with Crippen molar-refractivity contribution < 1.29 is 19.1 Å². The standard InChI is InChI=1S/C18H21N3O4S/c19-8-13-12-4-2-1-3-5-14(12)26-18(13)21-15(22)10-25-16(23)9-20-17(24)11-6-7-11/h11H,1-7,9-10H2,(H,20,24)(H,21,22). The fraction of sp³-hybridized carbons (Fsp3) is 0.556. The number of hydrogen-bond acceptors (Lipinski definition) is 6. The highest BCUT2D eigenvalue weighted by atomic mass is 32.1. The first-order valence-corrected chi connectivity index (χ1v) is 9.68. The lowest BCUT2D eigenvalue weighted by atomic mass is 10.1. The molecular weight excluding hydrogens is 354 g/mol. The summed E-state index contributed by atoms with van der Waals surface area (Å²) >= 11 is 1.43. The zero-order valence-electron chi connectivity index (χ0n) is 14.4. The smallest absolute Gasteiger partial charge is 0.325 e. The molecule has 1 fully saturated rings. The van der Waals surface area contributed by atoms with Crippen molar-refractivity contribution in [1.82, 2.24) is 5.32 Å². The number of anilines is 1. The monoisotopic (exact) mass is 375 g/mol. The van der Waals surface area contributed by atoms with Crippen LogP contribution in [0.1, 0.15) is 48.1 Å². The van der Waals surface area contributed by atoms with E-state index in [4.69, 9.17) is 4.74 Å². The molecule has 138 valence electrons. The van der Waals surface area contributed by atoms with E-state index < -0.39 is 18.5 Å². The number of amides is 2. The van der Waals surface area contributed by atoms with Crippen molar-refractivity contribution in [1.29, 1.82) is 5.26 Å². The Kier molecular flexibility index (Phi) is 5.89. The van der Waals surface area contributed by atoms with Crippen molar-refractivity contribution >= 4 is 34.1 Å². The third kappa shape index (κ3) is 4.61. The second-order valence-electron chi connectivity index (χ2n) is 6.58. The highest BCUT2D eigenvalue weighted by molar-refractivity contribution is 7.16. The molecule has 3 rings (SSSR count). The minimum Gasteiger partial charge on any atom is -0.454 e. The third-order valence-electron chi connectivity index (χ3n) is 4.51. The van der Waals surface area contributed by atoms with Gasteiger partial charge >= 0.3 is 5.97 Å². The van der Waals surface area contributed by atoms with Crippen LogP contribution >= 0.6 is 11.3 Å². The molecular formula is C18H21N3O4S. The molecule has 7 nitrogen and oxygen atoms in total. The van der Waals surface area contributed by atoms with Gasteiger partial charge in [0.1, 0.15) is 17.6 Å². The van der Waals surface area contributed by atoms with Gasteiger partial charge in [0.15, 0.2) is 6.61 Å². The second-order valence-corrected chi connectivity index (χ2v) is 7.69. The van der Waals surface area contributed by atoms with Crippen molar-refractivity contribution in [3.63, 3.8) is 0 Å². The number of thiophene rings is 1. The molecule has 0 unspecified atom stereocenters. The van der Waals surface area contributed by atoms with E-state index in [1.54, 1.807) is 0 Å². The lowest BCUT2D eigenvalue weighted by molar-refractivity contribution is -0.147. The average molecular weight is 375 g/mol. The third-order valence-corrected chi connectivity index (χ3v) is 5.71. The molecule has 0 bridgehead atoms. The van der Waals surface area contributed by atoms with Crippen LogP contribution in [0.25, 0.3) is 0 Å². The minimum absolute atomic E-state index is 0.0181. The summed E-state index contributed by atoms with van der Waals surface area (Å²) < 4.78 is 4.88. The Morgan fingerprint density at radius 1 is 1.19 bits per heavy atom. The summed E-state index contributed by atoms with van der Waals surface area (Å²) in [6.07, 6.45) is 6.80. The first-order chi connectivity index (χ1) is 12.6. The Hall–Kier alpha value is -2.40. The van der Waals surface area contributed by atoms with Gasteiger partial charge in [-0.15, -0.1) is 11.3 Å². The molecule has 26 heavy (non-hydrogen) atoms. The Bertz CT molecular complexity index is 761. The molecule has 1 aromatic rings. The van der Waals surface area contributed by atoms with Gasteiger partial charge in [0, 0.05) is 10.8 Å².